The lowest BCUT2D eigenvalue weighted by atomic mass is 9.95. The second-order valence-electron chi connectivity index (χ2n) is 13.6. The van der Waals surface area contributed by atoms with Crippen LogP contribution < -0.4 is 0 Å². The van der Waals surface area contributed by atoms with Crippen LogP contribution in [0.15, 0.2) is 180 Å². The summed E-state index contributed by atoms with van der Waals surface area (Å²) >= 11 is 0. The fraction of sp³-hybridized carbons (Fsp3) is 0. The summed E-state index contributed by atoms with van der Waals surface area (Å²) < 4.78 is 11.2. The van der Waals surface area contributed by atoms with Crippen LogP contribution in [0.1, 0.15) is 5.56 Å². The van der Waals surface area contributed by atoms with E-state index in [4.69, 9.17) is 4.42 Å². The number of nitrogens with zero attached hydrogens (tertiary/aromatic N) is 3. The van der Waals surface area contributed by atoms with Crippen molar-refractivity contribution in [1.29, 1.82) is 5.26 Å². The van der Waals surface area contributed by atoms with Gasteiger partial charge >= 0.3 is 0 Å². The highest BCUT2D eigenvalue weighted by molar-refractivity contribution is 6.26. The van der Waals surface area contributed by atoms with Crippen LogP contribution in [-0.4, -0.2) is 9.13 Å². The Balaban J connectivity index is 1.27. The molecule has 0 saturated carbocycles. The molecule has 53 heavy (non-hydrogen) atoms. The van der Waals surface area contributed by atoms with Crippen molar-refractivity contribution in [3.05, 3.63) is 181 Å². The molecule has 4 heteroatoms. The van der Waals surface area contributed by atoms with Gasteiger partial charge in [-0.2, -0.15) is 5.26 Å². The molecule has 0 N–H and O–H groups in total. The fourth-order valence-electron chi connectivity index (χ4n) is 8.43. The predicted octanol–water partition coefficient (Wildman–Crippen LogP) is 13.0. The molecule has 0 bridgehead atoms. The lowest BCUT2D eigenvalue weighted by Crippen LogP contribution is -1.97. The van der Waals surface area contributed by atoms with Crippen molar-refractivity contribution in [1.82, 2.24) is 9.13 Å². The van der Waals surface area contributed by atoms with Gasteiger partial charge in [0.25, 0.3) is 0 Å². The number of aromatic nitrogens is 2. The third-order valence-electron chi connectivity index (χ3n) is 10.7. The highest BCUT2D eigenvalue weighted by atomic mass is 16.3. The number of benzene rings is 8. The minimum atomic E-state index is 0.638. The van der Waals surface area contributed by atoms with Crippen LogP contribution in [0.4, 0.5) is 0 Å². The van der Waals surface area contributed by atoms with E-state index in [1.54, 1.807) is 0 Å². The summed E-state index contributed by atoms with van der Waals surface area (Å²) in [6, 6.07) is 64.2. The molecule has 0 amide bonds. The summed E-state index contributed by atoms with van der Waals surface area (Å²) in [6.45, 7) is 0. The van der Waals surface area contributed by atoms with Crippen LogP contribution in [0, 0.1) is 11.3 Å². The Bertz CT molecular complexity index is 3300. The summed E-state index contributed by atoms with van der Waals surface area (Å²) in [4.78, 5) is 0. The number of hydrogen-bond acceptors (Lipinski definition) is 2. The molecule has 0 atom stereocenters. The van der Waals surface area contributed by atoms with E-state index >= 15 is 0 Å². The first-order valence-electron chi connectivity index (χ1n) is 17.8. The van der Waals surface area contributed by atoms with Crippen LogP contribution in [0.5, 0.6) is 0 Å². The van der Waals surface area contributed by atoms with E-state index in [1.165, 1.54) is 21.5 Å². The molecule has 0 radical (unpaired) electrons. The van der Waals surface area contributed by atoms with Crippen LogP contribution in [0.3, 0.4) is 0 Å². The zero-order valence-corrected chi connectivity index (χ0v) is 28.5. The fourth-order valence-corrected chi connectivity index (χ4v) is 8.43. The number of para-hydroxylation sites is 4. The smallest absolute Gasteiger partial charge is 0.136 e. The van der Waals surface area contributed by atoms with Gasteiger partial charge in [-0.1, -0.05) is 103 Å². The van der Waals surface area contributed by atoms with Crippen LogP contribution in [0.2, 0.25) is 0 Å². The van der Waals surface area contributed by atoms with Gasteiger partial charge in [-0.25, -0.2) is 0 Å². The van der Waals surface area contributed by atoms with Crippen molar-refractivity contribution in [2.24, 2.45) is 0 Å². The zero-order chi connectivity index (χ0) is 35.0. The van der Waals surface area contributed by atoms with Gasteiger partial charge in [-0.3, -0.25) is 0 Å². The number of furan rings is 1. The van der Waals surface area contributed by atoms with Gasteiger partial charge in [0.05, 0.1) is 33.7 Å². The van der Waals surface area contributed by atoms with Crippen LogP contribution >= 0.6 is 0 Å². The first-order chi connectivity index (χ1) is 26.2. The predicted molar refractivity (Wildman–Crippen MR) is 218 cm³/mol. The molecule has 246 valence electrons. The maximum atomic E-state index is 10.2. The van der Waals surface area contributed by atoms with Crippen LogP contribution in [-0.2, 0) is 0 Å². The Labute approximate surface area is 304 Å². The van der Waals surface area contributed by atoms with Crippen molar-refractivity contribution in [2.45, 2.75) is 0 Å². The number of rotatable bonds is 4. The largest absolute Gasteiger partial charge is 0.456 e. The Morgan fingerprint density at radius 3 is 1.92 bits per heavy atom. The molecule has 0 aliphatic rings. The van der Waals surface area contributed by atoms with E-state index in [2.05, 4.69) is 149 Å². The number of fused-ring (bicyclic) bond motifs is 10. The standard InChI is InChI=1S/C49H29N3O/c50-30-32-12-4-5-15-37(32)34-26-33(31-22-23-40-39-17-8-11-21-46(39)53-47(40)29-31)27-36(28-34)52-43-19-9-6-16-38(43)41-24-25-45-48(49(41)52)42-18-7-10-20-44(42)51(45)35-13-2-1-3-14-35/h1-29H. The minimum Gasteiger partial charge on any atom is -0.456 e. The first kappa shape index (κ1) is 29.4. The van der Waals surface area contributed by atoms with Crippen molar-refractivity contribution in [3.63, 3.8) is 0 Å². The van der Waals surface area contributed by atoms with Gasteiger partial charge in [0.15, 0.2) is 0 Å². The van der Waals surface area contributed by atoms with Gasteiger partial charge in [-0.05, 0) is 95.1 Å². The van der Waals surface area contributed by atoms with Crippen molar-refractivity contribution in [3.8, 4) is 39.7 Å². The van der Waals surface area contributed by atoms with Crippen molar-refractivity contribution < 1.29 is 4.42 Å². The lowest BCUT2D eigenvalue weighted by molar-refractivity contribution is 0.669. The second kappa shape index (κ2) is 11.3. The highest BCUT2D eigenvalue weighted by Gasteiger charge is 2.22. The second-order valence-corrected chi connectivity index (χ2v) is 13.6. The van der Waals surface area contributed by atoms with Gasteiger partial charge < -0.3 is 13.6 Å². The number of hydrogen-bond donors (Lipinski definition) is 0. The van der Waals surface area contributed by atoms with E-state index < -0.39 is 0 Å². The SMILES string of the molecule is N#Cc1ccccc1-c1cc(-c2ccc3c(c2)oc2ccccc23)cc(-n2c3ccccc3c3ccc4c(c5ccccc5n4-c4ccccc4)c32)c1. The van der Waals surface area contributed by atoms with E-state index in [-0.39, 0.29) is 0 Å². The molecule has 11 rings (SSSR count). The molecule has 0 unspecified atom stereocenters. The molecule has 0 saturated heterocycles. The molecule has 11 aromatic rings. The molecule has 3 aromatic heterocycles. The van der Waals surface area contributed by atoms with E-state index in [0.29, 0.717) is 5.56 Å². The average molecular weight is 676 g/mol. The molecule has 0 aliphatic carbocycles. The summed E-state index contributed by atoms with van der Waals surface area (Å²) in [5.74, 6) is 0. The van der Waals surface area contributed by atoms with E-state index in [0.717, 1.165) is 77.6 Å². The molecule has 4 nitrogen and oxygen atoms in total. The summed E-state index contributed by atoms with van der Waals surface area (Å²) in [7, 11) is 0. The lowest BCUT2D eigenvalue weighted by Gasteiger charge is -2.15. The maximum absolute atomic E-state index is 10.2. The highest BCUT2D eigenvalue weighted by Crippen LogP contribution is 2.43. The van der Waals surface area contributed by atoms with Gasteiger partial charge in [-0.15, -0.1) is 0 Å². The molecule has 8 aromatic carbocycles. The van der Waals surface area contributed by atoms with E-state index in [1.807, 2.05) is 42.5 Å². The normalized spacial score (nSPS) is 11.8. The first-order valence-corrected chi connectivity index (χ1v) is 17.8. The summed E-state index contributed by atoms with van der Waals surface area (Å²) in [5, 5.41) is 17.2. The van der Waals surface area contributed by atoms with Gasteiger partial charge in [0.2, 0.25) is 0 Å². The monoisotopic (exact) mass is 675 g/mol. The quantitative estimate of drug-likeness (QED) is 0.186. The van der Waals surface area contributed by atoms with Gasteiger partial charge in [0.1, 0.15) is 11.2 Å². The Morgan fingerprint density at radius 2 is 1.08 bits per heavy atom. The number of nitriles is 1. The molecule has 0 aliphatic heterocycles. The zero-order valence-electron chi connectivity index (χ0n) is 28.5. The third-order valence-corrected chi connectivity index (χ3v) is 10.7. The summed E-state index contributed by atoms with van der Waals surface area (Å²) in [6.07, 6.45) is 0. The minimum absolute atomic E-state index is 0.638. The maximum Gasteiger partial charge on any atom is 0.136 e. The van der Waals surface area contributed by atoms with E-state index in [9.17, 15) is 5.26 Å². The van der Waals surface area contributed by atoms with Gasteiger partial charge in [0, 0.05) is 43.7 Å². The Hall–Kier alpha value is -7.35. The topological polar surface area (TPSA) is 46.8 Å². The molecule has 0 spiro atoms. The van der Waals surface area contributed by atoms with Crippen LogP contribution in [0.25, 0.3) is 99.2 Å². The van der Waals surface area contributed by atoms with Crippen molar-refractivity contribution in [2.75, 3.05) is 0 Å². The van der Waals surface area contributed by atoms with Crippen molar-refractivity contribution >= 4 is 65.6 Å². The molecular formula is C49H29N3O. The molecular weight excluding hydrogens is 647 g/mol. The Morgan fingerprint density at radius 1 is 0.415 bits per heavy atom. The third kappa shape index (κ3) is 4.35. The summed E-state index contributed by atoms with van der Waals surface area (Å²) in [5.41, 5.74) is 13.0. The average Bonchev–Trinajstić information content (AvgIpc) is 3.88. The molecule has 3 heterocycles. The molecule has 0 fully saturated rings. The Kier molecular flexibility index (Phi) is 6.28.